The van der Waals surface area contributed by atoms with Crippen molar-refractivity contribution in [2.75, 3.05) is 42.3 Å². The first-order valence-electron chi connectivity index (χ1n) is 12.7. The third kappa shape index (κ3) is 5.46. The number of carboxylic acid groups (broad SMARTS) is 1. The van der Waals surface area contributed by atoms with Crippen molar-refractivity contribution in [2.45, 2.75) is 56.3 Å². The van der Waals surface area contributed by atoms with Gasteiger partial charge in [0, 0.05) is 19.6 Å². The Morgan fingerprint density at radius 1 is 1.03 bits per heavy atom. The van der Waals surface area contributed by atoms with Crippen LogP contribution in [0.4, 0.5) is 11.5 Å². The summed E-state index contributed by atoms with van der Waals surface area (Å²) in [6.45, 7) is 4.86. The van der Waals surface area contributed by atoms with Gasteiger partial charge in [0.05, 0.1) is 16.8 Å². The summed E-state index contributed by atoms with van der Waals surface area (Å²) in [6.07, 6.45) is 10.1. The van der Waals surface area contributed by atoms with Gasteiger partial charge in [-0.1, -0.05) is 6.07 Å². The molecule has 1 unspecified atom stereocenters. The van der Waals surface area contributed by atoms with Crippen LogP contribution in [0.5, 0.6) is 0 Å². The Bertz CT molecular complexity index is 1190. The van der Waals surface area contributed by atoms with E-state index < -0.39 is 16.0 Å². The van der Waals surface area contributed by atoms with E-state index in [1.807, 2.05) is 6.07 Å². The van der Waals surface area contributed by atoms with Crippen molar-refractivity contribution in [3.63, 3.8) is 0 Å². The summed E-state index contributed by atoms with van der Waals surface area (Å²) in [5.74, 6) is -0.211. The van der Waals surface area contributed by atoms with Crippen molar-refractivity contribution in [1.82, 2.24) is 9.88 Å². The van der Waals surface area contributed by atoms with Crippen LogP contribution in [-0.2, 0) is 22.9 Å². The van der Waals surface area contributed by atoms with Crippen LogP contribution in [0.15, 0.2) is 35.4 Å². The molecular formula is C26H34N4O4S. The number of nitrogens with one attached hydrogen (secondary N) is 1. The highest BCUT2D eigenvalue weighted by molar-refractivity contribution is 7.92. The van der Waals surface area contributed by atoms with Gasteiger partial charge >= 0.3 is 5.97 Å². The Hall–Kier alpha value is -2.65. The highest BCUT2D eigenvalue weighted by Crippen LogP contribution is 2.29. The molecule has 9 heteroatoms. The minimum absolute atomic E-state index is 0.0254. The molecule has 1 aromatic carbocycles. The van der Waals surface area contributed by atoms with Gasteiger partial charge in [0.1, 0.15) is 11.4 Å². The number of pyridine rings is 1. The molecule has 2 saturated heterocycles. The summed E-state index contributed by atoms with van der Waals surface area (Å²) >= 11 is 0. The van der Waals surface area contributed by atoms with Gasteiger partial charge < -0.3 is 14.9 Å². The number of nitrogens with zero attached hydrogens (tertiary/aromatic N) is 3. The summed E-state index contributed by atoms with van der Waals surface area (Å²) in [6, 6.07) is 6.65. The predicted octanol–water partition coefficient (Wildman–Crippen LogP) is 3.77. The average Bonchev–Trinajstić information content (AvgIpc) is 3.36. The molecular weight excluding hydrogens is 464 g/mol. The topological polar surface area (TPSA) is 103 Å². The van der Waals surface area contributed by atoms with E-state index in [9.17, 15) is 18.3 Å². The summed E-state index contributed by atoms with van der Waals surface area (Å²) in [5, 5.41) is 9.91. The quantitative estimate of drug-likeness (QED) is 0.599. The second-order valence-corrected chi connectivity index (χ2v) is 11.8. The minimum atomic E-state index is -3.85. The lowest BCUT2D eigenvalue weighted by molar-refractivity contribution is 0.0697. The Kier molecular flexibility index (Phi) is 6.98. The number of rotatable bonds is 7. The first kappa shape index (κ1) is 24.1. The number of hydrogen-bond donors (Lipinski definition) is 2. The van der Waals surface area contributed by atoms with Crippen LogP contribution >= 0.6 is 0 Å². The van der Waals surface area contributed by atoms with Gasteiger partial charge in [0.15, 0.2) is 0 Å². The number of benzene rings is 1. The van der Waals surface area contributed by atoms with Crippen LogP contribution < -0.4 is 9.62 Å². The van der Waals surface area contributed by atoms with Crippen molar-refractivity contribution < 1.29 is 18.3 Å². The van der Waals surface area contributed by atoms with Gasteiger partial charge in [0.2, 0.25) is 0 Å². The number of aryl methyl sites for hydroxylation is 2. The molecule has 1 aliphatic carbocycles. The SMILES string of the molecule is O=C(O)c1cc(NS(=O)(=O)c2ccc3c(c2)CCCC3)cnc1N1CCCC(CN2CCCC2)C1. The first-order valence-corrected chi connectivity index (χ1v) is 14.2. The first-order chi connectivity index (χ1) is 16.9. The van der Waals surface area contributed by atoms with Crippen LogP contribution in [0.2, 0.25) is 0 Å². The van der Waals surface area contributed by atoms with Crippen LogP contribution in [0.1, 0.15) is 60.0 Å². The molecule has 1 aromatic heterocycles. The lowest BCUT2D eigenvalue weighted by atomic mass is 9.92. The second-order valence-electron chi connectivity index (χ2n) is 10.1. The van der Waals surface area contributed by atoms with Crippen LogP contribution in [0.3, 0.4) is 0 Å². The van der Waals surface area contributed by atoms with E-state index in [1.54, 1.807) is 12.1 Å². The molecule has 2 fully saturated rings. The third-order valence-electron chi connectivity index (χ3n) is 7.51. The molecule has 0 spiro atoms. The molecule has 2 aromatic rings. The number of piperidine rings is 1. The lowest BCUT2D eigenvalue weighted by Crippen LogP contribution is -2.41. The van der Waals surface area contributed by atoms with E-state index in [2.05, 4.69) is 19.5 Å². The summed E-state index contributed by atoms with van der Waals surface area (Å²) in [7, 11) is -3.85. The van der Waals surface area contributed by atoms with Crippen molar-refractivity contribution in [2.24, 2.45) is 5.92 Å². The Labute approximate surface area is 207 Å². The lowest BCUT2D eigenvalue weighted by Gasteiger charge is -2.36. The molecule has 0 amide bonds. The van der Waals surface area contributed by atoms with E-state index in [0.717, 1.165) is 76.8 Å². The van der Waals surface area contributed by atoms with Crippen molar-refractivity contribution >= 4 is 27.5 Å². The van der Waals surface area contributed by atoms with Gasteiger partial charge in [-0.15, -0.1) is 0 Å². The average molecular weight is 499 g/mol. The smallest absolute Gasteiger partial charge is 0.339 e. The molecule has 1 atom stereocenters. The number of aromatic nitrogens is 1. The Morgan fingerprint density at radius 3 is 2.57 bits per heavy atom. The highest BCUT2D eigenvalue weighted by Gasteiger charge is 2.27. The molecule has 5 rings (SSSR count). The zero-order valence-corrected chi connectivity index (χ0v) is 20.9. The zero-order valence-electron chi connectivity index (χ0n) is 20.1. The molecule has 8 nitrogen and oxygen atoms in total. The van der Waals surface area contributed by atoms with Crippen LogP contribution in [0.25, 0.3) is 0 Å². The zero-order chi connectivity index (χ0) is 24.4. The predicted molar refractivity (Wildman–Crippen MR) is 136 cm³/mol. The number of fused-ring (bicyclic) bond motifs is 1. The van der Waals surface area contributed by atoms with Gasteiger partial charge in [-0.25, -0.2) is 18.2 Å². The second kappa shape index (κ2) is 10.1. The minimum Gasteiger partial charge on any atom is -0.478 e. The van der Waals surface area contributed by atoms with Crippen molar-refractivity contribution in [3.8, 4) is 0 Å². The fourth-order valence-electron chi connectivity index (χ4n) is 5.75. The van der Waals surface area contributed by atoms with Crippen LogP contribution in [0, 0.1) is 5.92 Å². The molecule has 0 bridgehead atoms. The highest BCUT2D eigenvalue weighted by atomic mass is 32.2. The van der Waals surface area contributed by atoms with Gasteiger partial charge in [0.25, 0.3) is 10.0 Å². The number of anilines is 2. The number of likely N-dealkylation sites (tertiary alicyclic amines) is 1. The normalized spacial score (nSPS) is 21.0. The largest absolute Gasteiger partial charge is 0.478 e. The number of sulfonamides is 1. The number of aromatic carboxylic acids is 1. The van der Waals surface area contributed by atoms with Crippen molar-refractivity contribution in [1.29, 1.82) is 0 Å². The number of carbonyl (C=O) groups is 1. The maximum atomic E-state index is 13.1. The van der Waals surface area contributed by atoms with E-state index in [1.165, 1.54) is 30.7 Å². The van der Waals surface area contributed by atoms with Gasteiger partial charge in [-0.2, -0.15) is 0 Å². The van der Waals surface area contributed by atoms with Crippen LogP contribution in [-0.4, -0.2) is 62.1 Å². The summed E-state index contributed by atoms with van der Waals surface area (Å²) < 4.78 is 28.7. The molecule has 2 aliphatic heterocycles. The molecule has 3 aliphatic rings. The maximum Gasteiger partial charge on any atom is 0.339 e. The van der Waals surface area contributed by atoms with E-state index in [-0.39, 0.29) is 16.1 Å². The molecule has 0 saturated carbocycles. The van der Waals surface area contributed by atoms with E-state index in [4.69, 9.17) is 0 Å². The van der Waals surface area contributed by atoms with E-state index in [0.29, 0.717) is 11.7 Å². The molecule has 3 heterocycles. The summed E-state index contributed by atoms with van der Waals surface area (Å²) in [5.41, 5.74) is 2.47. The number of carboxylic acids is 1. The molecule has 0 radical (unpaired) electrons. The fraction of sp³-hybridized carbons (Fsp3) is 0.538. The number of hydrogen-bond acceptors (Lipinski definition) is 6. The van der Waals surface area contributed by atoms with E-state index >= 15 is 0 Å². The molecule has 2 N–H and O–H groups in total. The van der Waals surface area contributed by atoms with Gasteiger partial charge in [-0.05, 0) is 99.7 Å². The van der Waals surface area contributed by atoms with Gasteiger partial charge in [-0.3, -0.25) is 4.72 Å². The Morgan fingerprint density at radius 2 is 1.80 bits per heavy atom. The monoisotopic (exact) mass is 498 g/mol. The molecule has 188 valence electrons. The Balaban J connectivity index is 1.34. The fourth-order valence-corrected chi connectivity index (χ4v) is 6.83. The maximum absolute atomic E-state index is 13.1. The molecule has 35 heavy (non-hydrogen) atoms. The van der Waals surface area contributed by atoms with Crippen molar-refractivity contribution in [3.05, 3.63) is 47.2 Å². The third-order valence-corrected chi connectivity index (χ3v) is 8.89. The summed E-state index contributed by atoms with van der Waals surface area (Å²) in [4.78, 5) is 21.3. The standard InChI is InChI=1S/C26H34N4O4S/c31-26(32)24-15-22(28-35(33,34)23-10-9-20-7-1-2-8-21(20)14-23)16-27-25(24)30-13-5-6-19(18-30)17-29-11-3-4-12-29/h9-10,14-16,19,28H,1-8,11-13,17-18H2,(H,31,32).